The number of nitrogens with zero attached hydrogens (tertiary/aromatic N) is 6. The van der Waals surface area contributed by atoms with E-state index in [4.69, 9.17) is 0 Å². The number of aromatic nitrogens is 6. The first-order valence-electron chi connectivity index (χ1n) is 36.5. The maximum Gasteiger partial charge on any atom is 0.0791 e. The second-order valence-electron chi connectivity index (χ2n) is 32.6. The fourth-order valence-electron chi connectivity index (χ4n) is 17.5. The van der Waals surface area contributed by atoms with E-state index in [9.17, 15) is 0 Å². The van der Waals surface area contributed by atoms with E-state index < -0.39 is 45.5 Å². The predicted molar refractivity (Wildman–Crippen MR) is 465 cm³/mol. The van der Waals surface area contributed by atoms with Crippen LogP contribution in [0.1, 0.15) is 0 Å². The van der Waals surface area contributed by atoms with Crippen molar-refractivity contribution in [3.63, 3.8) is 0 Å². The molecule has 0 fully saturated rings. The number of hydrogen-bond donors (Lipinski definition) is 0. The molecule has 0 aliphatic rings. The monoisotopic (exact) mass is 1430 g/mol. The van der Waals surface area contributed by atoms with Crippen LogP contribution in [0.25, 0.3) is 131 Å². The van der Waals surface area contributed by atoms with Gasteiger partial charge in [-0.05, 0) is 72.8 Å². The van der Waals surface area contributed by atoms with Gasteiger partial charge in [-0.3, -0.25) is 0 Å². The molecule has 0 bridgehead atoms. The number of hydrogen-bond acceptors (Lipinski definition) is 0. The highest BCUT2D eigenvalue weighted by Crippen LogP contribution is 2.37. The zero-order chi connectivity index (χ0) is 71.5. The molecule has 0 radical (unpaired) electrons. The largest absolute Gasteiger partial charge is 0.344 e. The van der Waals surface area contributed by atoms with Gasteiger partial charge in [-0.2, -0.15) is 0 Å². The van der Waals surface area contributed by atoms with Crippen LogP contribution in [-0.4, -0.2) is 73.0 Å². The Morgan fingerprint density at radius 2 is 0.265 bits per heavy atom. The molecular weight excluding hydrogens is 1330 g/mol. The minimum absolute atomic E-state index is 1.31. The highest BCUT2D eigenvalue weighted by molar-refractivity contribution is 7.51. The van der Waals surface area contributed by atoms with Gasteiger partial charge in [-0.25, -0.2) is 0 Å². The van der Waals surface area contributed by atoms with E-state index in [0.717, 1.165) is 0 Å². The molecule has 6 heterocycles. The van der Waals surface area contributed by atoms with Gasteiger partial charge in [0.05, 0.1) is 45.5 Å². The quantitative estimate of drug-likeness (QED) is 0.129. The second-order valence-corrected chi connectivity index (χ2v) is 78.1. The summed E-state index contributed by atoms with van der Waals surface area (Å²) in [6, 6.07) is 96.7. The van der Waals surface area contributed by atoms with Crippen LogP contribution in [0.4, 0.5) is 0 Å². The lowest BCUT2D eigenvalue weighted by Gasteiger charge is -2.39. The van der Waals surface area contributed by atoms with E-state index in [2.05, 4.69) is 403 Å². The lowest BCUT2D eigenvalue weighted by molar-refractivity contribution is 1.01. The molecule has 6 aromatic heterocycles. The van der Waals surface area contributed by atoms with Crippen molar-refractivity contribution in [3.8, 4) is 0 Å². The molecule has 0 unspecified atom stereocenters. The third kappa shape index (κ3) is 10.0. The number of fused-ring (bicyclic) bond motifs is 18. The molecular formula is C90H96N6Si6. The standard InChI is InChI=1S/3C30H32N2Si2/c3*1-31-27-13-9-7-11-23(27)25-19-21(15-17-29(25)31)33(3,4)34(5,6)22-16-18-30-26(20-22)24-12-8-10-14-28(24)32(30)2/h3*7-20H,1-6H3. The van der Waals surface area contributed by atoms with E-state index in [1.54, 1.807) is 31.1 Å². The smallest absolute Gasteiger partial charge is 0.0791 e. The molecule has 102 heavy (non-hydrogen) atoms. The molecule has 0 aliphatic carbocycles. The highest BCUT2D eigenvalue weighted by Gasteiger charge is 2.47. The van der Waals surface area contributed by atoms with E-state index >= 15 is 0 Å². The van der Waals surface area contributed by atoms with Crippen LogP contribution in [0.3, 0.4) is 0 Å². The first-order chi connectivity index (χ1) is 48.6. The first-order valence-corrected chi connectivity index (χ1v) is 57.5. The minimum Gasteiger partial charge on any atom is -0.344 e. The molecule has 12 heteroatoms. The number of rotatable bonds is 9. The van der Waals surface area contributed by atoms with Crippen molar-refractivity contribution < 1.29 is 0 Å². The Kier molecular flexibility index (Phi) is 15.9. The molecule has 0 aliphatic heterocycles. The Balaban J connectivity index is 0.000000118. The molecule has 0 spiro atoms. The van der Waals surface area contributed by atoms with Crippen molar-refractivity contribution in [3.05, 3.63) is 255 Å². The van der Waals surface area contributed by atoms with E-state index in [1.807, 2.05) is 0 Å². The van der Waals surface area contributed by atoms with Crippen molar-refractivity contribution in [2.24, 2.45) is 42.3 Å². The summed E-state index contributed by atoms with van der Waals surface area (Å²) in [4.78, 5) is 0. The molecule has 0 amide bonds. The summed E-state index contributed by atoms with van der Waals surface area (Å²) in [7, 11) is 2.50. The van der Waals surface area contributed by atoms with Crippen molar-refractivity contribution in [1.82, 2.24) is 27.4 Å². The van der Waals surface area contributed by atoms with Gasteiger partial charge in [-0.15, -0.1) is 0 Å². The Bertz CT molecular complexity index is 5430. The summed E-state index contributed by atoms with van der Waals surface area (Å²) in [6.07, 6.45) is 0. The van der Waals surface area contributed by atoms with Crippen LogP contribution < -0.4 is 31.1 Å². The molecule has 0 saturated carbocycles. The van der Waals surface area contributed by atoms with Crippen LogP contribution in [0.2, 0.25) is 78.6 Å². The van der Waals surface area contributed by atoms with Gasteiger partial charge >= 0.3 is 0 Å². The Morgan fingerprint density at radius 1 is 0.147 bits per heavy atom. The molecule has 6 nitrogen and oxygen atoms in total. The summed E-state index contributed by atoms with van der Waals surface area (Å²) < 4.78 is 14.0. The normalized spacial score (nSPS) is 13.0. The Hall–Kier alpha value is -9.26. The molecule has 12 aromatic carbocycles. The van der Waals surface area contributed by atoms with E-state index in [0.29, 0.717) is 0 Å². The lowest BCUT2D eigenvalue weighted by atomic mass is 10.1. The second kappa shape index (κ2) is 24.2. The molecule has 18 aromatic rings. The zero-order valence-electron chi connectivity index (χ0n) is 62.9. The van der Waals surface area contributed by atoms with Gasteiger partial charge < -0.3 is 27.4 Å². The molecule has 0 saturated heterocycles. The van der Waals surface area contributed by atoms with Crippen LogP contribution in [0.5, 0.6) is 0 Å². The summed E-state index contributed by atoms with van der Waals surface area (Å²) >= 11 is 0. The SMILES string of the molecule is Cn1c2ccccc2c2cc([Si](C)(C)[Si](C)(C)c3ccc4c(c3)c3ccccc3n4C)ccc21.Cn1c2ccccc2c2cc([Si](C)(C)[Si](C)(C)c3ccc4c(c3)c3ccccc3n4C)ccc21.Cn1c2ccccc2c2cc([Si](C)(C)[Si](C)(C)c3ccc4c(c3)c3ccccc3n4C)ccc21. The molecule has 0 atom stereocenters. The number of para-hydroxylation sites is 6. The van der Waals surface area contributed by atoms with Gasteiger partial charge in [-0.1, -0.05) is 292 Å². The van der Waals surface area contributed by atoms with Crippen molar-refractivity contribution in [2.75, 3.05) is 0 Å². The summed E-state index contributed by atoms with van der Waals surface area (Å²) in [5, 5.41) is 26.0. The molecule has 18 rings (SSSR count). The van der Waals surface area contributed by atoms with E-state index in [-0.39, 0.29) is 0 Å². The van der Waals surface area contributed by atoms with Crippen molar-refractivity contribution in [2.45, 2.75) is 78.6 Å². The van der Waals surface area contributed by atoms with E-state index in [1.165, 1.54) is 131 Å². The molecule has 510 valence electrons. The fraction of sp³-hybridized carbons (Fsp3) is 0.200. The summed E-state index contributed by atoms with van der Waals surface area (Å²) in [5.74, 6) is 0. The zero-order valence-corrected chi connectivity index (χ0v) is 68.9. The van der Waals surface area contributed by atoms with Crippen LogP contribution in [-0.2, 0) is 42.3 Å². The van der Waals surface area contributed by atoms with Gasteiger partial charge in [0, 0.05) is 173 Å². The highest BCUT2D eigenvalue weighted by atomic mass is 29.3. The average Bonchev–Trinajstić information content (AvgIpc) is 1.43. The third-order valence-electron chi connectivity index (χ3n) is 26.5. The Labute approximate surface area is 606 Å². The minimum atomic E-state index is -1.77. The van der Waals surface area contributed by atoms with Gasteiger partial charge in [0.2, 0.25) is 0 Å². The summed E-state index contributed by atoms with van der Waals surface area (Å²) in [6.45, 7) is 31.2. The first kappa shape index (κ1) is 67.2. The summed E-state index contributed by atoms with van der Waals surface area (Å²) in [5.41, 5.74) is 15.8. The molecule has 0 N–H and O–H groups in total. The van der Waals surface area contributed by atoms with Crippen LogP contribution in [0.15, 0.2) is 255 Å². The lowest BCUT2D eigenvalue weighted by Crippen LogP contribution is -2.69. The van der Waals surface area contributed by atoms with Gasteiger partial charge in [0.1, 0.15) is 0 Å². The van der Waals surface area contributed by atoms with Crippen molar-refractivity contribution in [1.29, 1.82) is 0 Å². The Morgan fingerprint density at radius 3 is 0.402 bits per heavy atom. The average molecular weight is 1430 g/mol. The predicted octanol–water partition coefficient (Wildman–Crippen LogP) is 19.8. The van der Waals surface area contributed by atoms with Crippen LogP contribution in [0, 0.1) is 0 Å². The fourth-order valence-corrected chi connectivity index (χ4v) is 43.7. The van der Waals surface area contributed by atoms with Gasteiger partial charge in [0.25, 0.3) is 0 Å². The number of aryl methyl sites for hydroxylation is 6. The van der Waals surface area contributed by atoms with Gasteiger partial charge in [0.15, 0.2) is 0 Å². The maximum absolute atomic E-state index is 2.60. The third-order valence-corrected chi connectivity index (χ3v) is 79.7. The maximum atomic E-state index is 2.60. The topological polar surface area (TPSA) is 29.6 Å². The van der Waals surface area contributed by atoms with Crippen LogP contribution >= 0.6 is 0 Å². The number of benzene rings is 12. The van der Waals surface area contributed by atoms with Crippen molar-refractivity contribution >= 4 is 208 Å².